The number of carboxylic acid groups (broad SMARTS) is 1. The lowest BCUT2D eigenvalue weighted by Gasteiger charge is -2.73. The number of piperidine rings is 1. The predicted molar refractivity (Wildman–Crippen MR) is 241 cm³/mol. The molecule has 0 radical (unpaired) electrons. The fourth-order valence-corrected chi connectivity index (χ4v) is 17.7. The third kappa shape index (κ3) is 7.20. The van der Waals surface area contributed by atoms with E-state index in [1.165, 1.54) is 19.3 Å². The number of ether oxygens (including phenoxy) is 1. The lowest BCUT2D eigenvalue weighted by Crippen LogP contribution is -2.69. The average Bonchev–Trinajstić information content (AvgIpc) is 3.78. The third-order valence-electron chi connectivity index (χ3n) is 21.2. The van der Waals surface area contributed by atoms with Crippen LogP contribution in [-0.4, -0.2) is 78.4 Å². The van der Waals surface area contributed by atoms with Gasteiger partial charge in [0.25, 0.3) is 0 Å². The van der Waals surface area contributed by atoms with Crippen LogP contribution in [0.2, 0.25) is 0 Å². The topological polar surface area (TPSA) is 139 Å². The second-order valence-corrected chi connectivity index (χ2v) is 28.6. The van der Waals surface area contributed by atoms with E-state index in [4.69, 9.17) is 9.26 Å². The zero-order valence-electron chi connectivity index (χ0n) is 40.6. The first-order chi connectivity index (χ1) is 28.6. The fourth-order valence-electron chi connectivity index (χ4n) is 16.8. The van der Waals surface area contributed by atoms with Crippen LogP contribution < -0.4 is 5.32 Å². The van der Waals surface area contributed by atoms with E-state index in [1.54, 1.807) is 27.2 Å². The third-order valence-corrected chi connectivity index (χ3v) is 22.0. The maximum Gasteiger partial charge on any atom is 0.309 e. The van der Waals surface area contributed by atoms with Gasteiger partial charge in [0.1, 0.15) is 6.10 Å². The molecule has 1 aliphatic heterocycles. The van der Waals surface area contributed by atoms with Crippen LogP contribution in [0, 0.1) is 78.8 Å². The Bertz CT molecular complexity index is 1880. The van der Waals surface area contributed by atoms with Gasteiger partial charge < -0.3 is 24.6 Å². The second kappa shape index (κ2) is 15.0. The molecule has 7 aliphatic carbocycles. The van der Waals surface area contributed by atoms with Crippen LogP contribution in [0.1, 0.15) is 172 Å². The van der Waals surface area contributed by atoms with Crippen molar-refractivity contribution in [1.82, 2.24) is 10.2 Å². The smallest absolute Gasteiger partial charge is 0.309 e. The van der Waals surface area contributed by atoms with E-state index in [1.807, 2.05) is 4.90 Å². The summed E-state index contributed by atoms with van der Waals surface area (Å²) in [6, 6.07) is -0.0281. The SMILES string of the molecule is CC(C)(CC(=O)O[C@H]1CC[C@]2(C)[C@H]3CC[C@@H]4[C@H]5[C@H](C6(C)CC6)CC[C@]5(C(=O)N[C@@H]5C[C@H](C(=O)N6CCC(OP(C)(C)=O)CC6)C5(C)C)CC[C@@]4(C)[C@]3(C)CC[C@H]2C1(C)C)C(=O)O. The molecule has 0 aromatic heterocycles. The van der Waals surface area contributed by atoms with E-state index in [9.17, 15) is 24.1 Å². The summed E-state index contributed by atoms with van der Waals surface area (Å²) >= 11 is 0. The summed E-state index contributed by atoms with van der Waals surface area (Å²) < 4.78 is 24.3. The van der Waals surface area contributed by atoms with Crippen molar-refractivity contribution in [2.24, 2.45) is 78.8 Å². The van der Waals surface area contributed by atoms with Gasteiger partial charge in [-0.15, -0.1) is 0 Å². The summed E-state index contributed by atoms with van der Waals surface area (Å²) in [5, 5.41) is 13.4. The molecule has 11 heteroatoms. The molecule has 0 bridgehead atoms. The summed E-state index contributed by atoms with van der Waals surface area (Å²) in [5.41, 5.74) is -1.44. The molecule has 8 rings (SSSR count). The van der Waals surface area contributed by atoms with Crippen LogP contribution in [0.4, 0.5) is 0 Å². The molecule has 0 spiro atoms. The van der Waals surface area contributed by atoms with Crippen molar-refractivity contribution in [1.29, 1.82) is 0 Å². The minimum absolute atomic E-state index is 0.0281. The number of hydrogen-bond donors (Lipinski definition) is 2. The van der Waals surface area contributed by atoms with Crippen molar-refractivity contribution in [2.45, 2.75) is 190 Å². The van der Waals surface area contributed by atoms with Crippen LogP contribution in [0.15, 0.2) is 0 Å². The Hall–Kier alpha value is -1.93. The maximum atomic E-state index is 15.3. The quantitative estimate of drug-likeness (QED) is 0.163. The molecule has 0 aromatic carbocycles. The van der Waals surface area contributed by atoms with Crippen LogP contribution in [-0.2, 0) is 33.0 Å². The van der Waals surface area contributed by atoms with Gasteiger partial charge >= 0.3 is 11.9 Å². The number of nitrogens with zero attached hydrogens (tertiary/aromatic N) is 1. The van der Waals surface area contributed by atoms with Gasteiger partial charge in [-0.25, -0.2) is 0 Å². The summed E-state index contributed by atoms with van der Waals surface area (Å²) in [5.74, 6) is 1.29. The average molecular weight is 883 g/mol. The van der Waals surface area contributed by atoms with Gasteiger partial charge in [-0.05, 0) is 167 Å². The van der Waals surface area contributed by atoms with Crippen molar-refractivity contribution in [3.63, 3.8) is 0 Å². The summed E-state index contributed by atoms with van der Waals surface area (Å²) in [6.07, 6.45) is 14.7. The first kappa shape index (κ1) is 46.6. The molecule has 62 heavy (non-hydrogen) atoms. The van der Waals surface area contributed by atoms with Gasteiger partial charge in [-0.3, -0.25) is 23.7 Å². The largest absolute Gasteiger partial charge is 0.481 e. The van der Waals surface area contributed by atoms with E-state index in [0.717, 1.165) is 57.8 Å². The van der Waals surface area contributed by atoms with E-state index in [-0.39, 0.29) is 74.9 Å². The molecule has 350 valence electrons. The Balaban J connectivity index is 0.983. The zero-order valence-corrected chi connectivity index (χ0v) is 41.5. The summed E-state index contributed by atoms with van der Waals surface area (Å²) in [6.45, 7) is 27.1. The highest BCUT2D eigenvalue weighted by molar-refractivity contribution is 7.57. The van der Waals surface area contributed by atoms with Gasteiger partial charge in [-0.1, -0.05) is 55.4 Å². The molecule has 8 aliphatic rings. The molecule has 0 unspecified atom stereocenters. The van der Waals surface area contributed by atoms with E-state index in [0.29, 0.717) is 67.4 Å². The molecular weight excluding hydrogens is 800 g/mol. The van der Waals surface area contributed by atoms with Crippen LogP contribution in [0.5, 0.6) is 0 Å². The molecule has 12 atom stereocenters. The first-order valence-electron chi connectivity index (χ1n) is 24.8. The number of esters is 1. The van der Waals surface area contributed by atoms with Crippen molar-refractivity contribution in [3.8, 4) is 0 Å². The minimum atomic E-state index is -2.58. The number of rotatable bonds is 10. The predicted octanol–water partition coefficient (Wildman–Crippen LogP) is 10.4. The van der Waals surface area contributed by atoms with Gasteiger partial charge in [-0.2, -0.15) is 0 Å². The molecule has 2 N–H and O–H groups in total. The lowest BCUT2D eigenvalue weighted by atomic mass is 9.32. The number of carboxylic acids is 1. The first-order valence-corrected chi connectivity index (χ1v) is 27.3. The molecule has 8 fully saturated rings. The van der Waals surface area contributed by atoms with Crippen molar-refractivity contribution in [3.05, 3.63) is 0 Å². The van der Waals surface area contributed by atoms with Crippen LogP contribution >= 0.6 is 7.37 Å². The number of carbonyl (C=O) groups is 4. The maximum absolute atomic E-state index is 15.3. The number of amides is 2. The lowest BCUT2D eigenvalue weighted by molar-refractivity contribution is -0.251. The highest BCUT2D eigenvalue weighted by atomic mass is 31.2. The van der Waals surface area contributed by atoms with E-state index in [2.05, 4.69) is 60.7 Å². The van der Waals surface area contributed by atoms with Gasteiger partial charge in [0.2, 0.25) is 11.8 Å². The molecule has 1 heterocycles. The van der Waals surface area contributed by atoms with Gasteiger partial charge in [0.05, 0.1) is 23.4 Å². The molecular formula is C51H83N2O8P. The van der Waals surface area contributed by atoms with Crippen LogP contribution in [0.25, 0.3) is 0 Å². The van der Waals surface area contributed by atoms with E-state index >= 15 is 4.79 Å². The Labute approximate surface area is 373 Å². The minimum Gasteiger partial charge on any atom is -0.481 e. The highest BCUT2D eigenvalue weighted by Gasteiger charge is 2.74. The number of aliphatic carboxylic acids is 1. The molecule has 0 aromatic rings. The Morgan fingerprint density at radius 2 is 1.40 bits per heavy atom. The second-order valence-electron chi connectivity index (χ2n) is 25.9. The normalized spacial score (nSPS) is 43.1. The number of carbonyl (C=O) groups excluding carboxylic acids is 3. The molecule has 7 saturated carbocycles. The summed E-state index contributed by atoms with van der Waals surface area (Å²) in [7, 11) is -2.58. The number of likely N-dealkylation sites (tertiary alicyclic amines) is 1. The molecule has 2 amide bonds. The number of nitrogens with one attached hydrogen (secondary N) is 1. The van der Waals surface area contributed by atoms with Crippen LogP contribution in [0.3, 0.4) is 0 Å². The van der Waals surface area contributed by atoms with Gasteiger partial charge in [0, 0.05) is 43.8 Å². The highest BCUT2D eigenvalue weighted by Crippen LogP contribution is 2.79. The van der Waals surface area contributed by atoms with Crippen molar-refractivity contribution < 1.29 is 38.1 Å². The number of hydrogen-bond acceptors (Lipinski definition) is 7. The standard InChI is InChI=1S/C51H83N2O8P/c1-44(2,43(57)58)30-39(54)60-38-17-20-48(8)35(46(38,5)6)16-21-50(10)36(48)14-13-33-40-32(47(7)23-24-47)15-22-51(40,26-25-49(33,50)9)42(56)52-37-29-34(45(37,3)4)41(55)53-27-18-31(19-28-53)61-62(11,12)59/h31-38,40H,13-30H2,1-12H3,(H,52,56)(H,57,58)/t32-,33-,34-,35+,36-,37-,38+,40-,48+,49-,50-,51+/m1/s1. The molecule has 1 saturated heterocycles. The summed E-state index contributed by atoms with van der Waals surface area (Å²) in [4.78, 5) is 56.2. The Morgan fingerprint density at radius 3 is 2.00 bits per heavy atom. The Morgan fingerprint density at radius 1 is 0.742 bits per heavy atom. The van der Waals surface area contributed by atoms with Crippen molar-refractivity contribution >= 4 is 31.1 Å². The Kier molecular flexibility index (Phi) is 11.3. The van der Waals surface area contributed by atoms with Crippen molar-refractivity contribution in [2.75, 3.05) is 26.4 Å². The van der Waals surface area contributed by atoms with Gasteiger partial charge in [0.15, 0.2) is 7.37 Å². The number of fused-ring (bicyclic) bond motifs is 7. The zero-order chi connectivity index (χ0) is 45.4. The molecule has 10 nitrogen and oxygen atoms in total. The van der Waals surface area contributed by atoms with E-state index < -0.39 is 24.7 Å². The fraction of sp³-hybridized carbons (Fsp3) is 0.922. The monoisotopic (exact) mass is 883 g/mol.